The summed E-state index contributed by atoms with van der Waals surface area (Å²) < 4.78 is 5.75. The van der Waals surface area contributed by atoms with Crippen molar-refractivity contribution in [3.63, 3.8) is 0 Å². The summed E-state index contributed by atoms with van der Waals surface area (Å²) >= 11 is 5.79. The average Bonchev–Trinajstić information content (AvgIpc) is 2.75. The van der Waals surface area contributed by atoms with E-state index in [-0.39, 0.29) is 5.91 Å². The van der Waals surface area contributed by atoms with E-state index >= 15 is 0 Å². The molecule has 0 aliphatic rings. The number of rotatable bonds is 7. The monoisotopic (exact) mass is 406 g/mol. The summed E-state index contributed by atoms with van der Waals surface area (Å²) in [5.41, 5.74) is 2.31. The molecule has 0 bridgehead atoms. The van der Waals surface area contributed by atoms with E-state index in [4.69, 9.17) is 21.6 Å². The zero-order valence-electron chi connectivity index (χ0n) is 15.7. The van der Waals surface area contributed by atoms with Gasteiger partial charge in [-0.2, -0.15) is 5.26 Å². The molecule has 1 aromatic heterocycles. The Kier molecular flexibility index (Phi) is 6.67. The SMILES string of the molecule is CC(Nc1ccc(OCc2cccc(C#N)c2)cc1)C(=O)Nc1ccc(Cl)cn1. The molecule has 0 aliphatic carbocycles. The molecule has 0 fully saturated rings. The van der Waals surface area contributed by atoms with Gasteiger partial charge in [-0.15, -0.1) is 0 Å². The van der Waals surface area contributed by atoms with Crippen molar-refractivity contribution in [2.24, 2.45) is 0 Å². The Morgan fingerprint density at radius 3 is 2.69 bits per heavy atom. The molecular weight excluding hydrogens is 388 g/mol. The number of nitriles is 1. The van der Waals surface area contributed by atoms with Gasteiger partial charge in [0.25, 0.3) is 0 Å². The van der Waals surface area contributed by atoms with E-state index in [1.165, 1.54) is 6.20 Å². The number of nitrogens with one attached hydrogen (secondary N) is 2. The van der Waals surface area contributed by atoms with E-state index in [2.05, 4.69) is 21.7 Å². The Hall–Kier alpha value is -3.56. The first-order valence-electron chi connectivity index (χ1n) is 8.94. The van der Waals surface area contributed by atoms with Crippen molar-refractivity contribution < 1.29 is 9.53 Å². The summed E-state index contributed by atoms with van der Waals surface area (Å²) in [6.07, 6.45) is 1.48. The Morgan fingerprint density at radius 2 is 2.00 bits per heavy atom. The summed E-state index contributed by atoms with van der Waals surface area (Å²) in [5.74, 6) is 0.926. The van der Waals surface area contributed by atoms with Crippen molar-refractivity contribution in [3.05, 3.63) is 83.0 Å². The van der Waals surface area contributed by atoms with E-state index in [1.54, 1.807) is 31.2 Å². The van der Waals surface area contributed by atoms with Gasteiger partial charge in [0.2, 0.25) is 5.91 Å². The quantitative estimate of drug-likeness (QED) is 0.597. The molecule has 2 aromatic carbocycles. The summed E-state index contributed by atoms with van der Waals surface area (Å²) in [7, 11) is 0. The van der Waals surface area contributed by atoms with E-state index < -0.39 is 6.04 Å². The minimum absolute atomic E-state index is 0.211. The van der Waals surface area contributed by atoms with Crippen molar-refractivity contribution in [2.45, 2.75) is 19.6 Å². The molecule has 0 aliphatic heterocycles. The van der Waals surface area contributed by atoms with Crippen LogP contribution in [-0.4, -0.2) is 16.9 Å². The molecule has 1 amide bonds. The van der Waals surface area contributed by atoms with Crippen LogP contribution in [0.3, 0.4) is 0 Å². The van der Waals surface area contributed by atoms with Crippen LogP contribution >= 0.6 is 11.6 Å². The zero-order valence-corrected chi connectivity index (χ0v) is 16.5. The highest BCUT2D eigenvalue weighted by Gasteiger charge is 2.13. The number of nitrogens with zero attached hydrogens (tertiary/aromatic N) is 2. The fourth-order valence-electron chi connectivity index (χ4n) is 2.54. The van der Waals surface area contributed by atoms with Gasteiger partial charge in [-0.25, -0.2) is 4.98 Å². The van der Waals surface area contributed by atoms with Crippen LogP contribution in [0.5, 0.6) is 5.75 Å². The van der Waals surface area contributed by atoms with Crippen LogP contribution in [0.25, 0.3) is 0 Å². The first kappa shape index (κ1) is 20.2. The van der Waals surface area contributed by atoms with Crippen molar-refractivity contribution in [3.8, 4) is 11.8 Å². The number of benzene rings is 2. The second-order valence-electron chi connectivity index (χ2n) is 6.34. The molecule has 6 nitrogen and oxygen atoms in total. The van der Waals surface area contributed by atoms with Crippen LogP contribution in [0, 0.1) is 11.3 Å². The number of hydrogen-bond donors (Lipinski definition) is 2. The van der Waals surface area contributed by atoms with E-state index in [0.717, 1.165) is 11.3 Å². The third kappa shape index (κ3) is 5.96. The standard InChI is InChI=1S/C22H19ClN4O2/c1-15(22(28)27-21-10-5-18(23)13-25-21)26-19-6-8-20(9-7-19)29-14-17-4-2-3-16(11-17)12-24/h2-11,13,15,26H,14H2,1H3,(H,25,27,28). The lowest BCUT2D eigenvalue weighted by molar-refractivity contribution is -0.116. The van der Waals surface area contributed by atoms with Gasteiger partial charge in [-0.1, -0.05) is 23.7 Å². The van der Waals surface area contributed by atoms with Gasteiger partial charge in [0.05, 0.1) is 16.7 Å². The highest BCUT2D eigenvalue weighted by atomic mass is 35.5. The van der Waals surface area contributed by atoms with Crippen LogP contribution in [0.2, 0.25) is 5.02 Å². The number of carbonyl (C=O) groups excluding carboxylic acids is 1. The van der Waals surface area contributed by atoms with Gasteiger partial charge in [-0.05, 0) is 61.0 Å². The van der Waals surface area contributed by atoms with Crippen molar-refractivity contribution >= 4 is 29.0 Å². The first-order chi connectivity index (χ1) is 14.0. The number of anilines is 2. The van der Waals surface area contributed by atoms with Crippen LogP contribution in [0.1, 0.15) is 18.1 Å². The fourth-order valence-corrected chi connectivity index (χ4v) is 2.66. The molecule has 1 atom stereocenters. The van der Waals surface area contributed by atoms with Crippen LogP contribution < -0.4 is 15.4 Å². The molecule has 7 heteroatoms. The molecule has 1 unspecified atom stereocenters. The largest absolute Gasteiger partial charge is 0.489 e. The minimum atomic E-state index is -0.465. The highest BCUT2D eigenvalue weighted by Crippen LogP contribution is 2.18. The summed E-state index contributed by atoms with van der Waals surface area (Å²) in [6.45, 7) is 2.13. The van der Waals surface area contributed by atoms with Crippen molar-refractivity contribution in [1.82, 2.24) is 4.98 Å². The van der Waals surface area contributed by atoms with Crippen molar-refractivity contribution in [1.29, 1.82) is 5.26 Å². The van der Waals surface area contributed by atoms with Gasteiger partial charge in [0.15, 0.2) is 0 Å². The number of hydrogen-bond acceptors (Lipinski definition) is 5. The molecule has 0 saturated carbocycles. The normalized spacial score (nSPS) is 11.2. The maximum Gasteiger partial charge on any atom is 0.247 e. The lowest BCUT2D eigenvalue weighted by atomic mass is 10.1. The molecule has 3 aromatic rings. The Labute approximate surface area is 174 Å². The molecule has 3 rings (SSSR count). The third-order valence-electron chi connectivity index (χ3n) is 4.07. The number of ether oxygens (including phenoxy) is 1. The Balaban J connectivity index is 1.52. The summed E-state index contributed by atoms with van der Waals surface area (Å²) in [6, 6.07) is 19.6. The smallest absolute Gasteiger partial charge is 0.247 e. The first-order valence-corrected chi connectivity index (χ1v) is 9.32. The van der Waals surface area contributed by atoms with Gasteiger partial charge in [0.1, 0.15) is 24.2 Å². The Bertz CT molecular complexity index is 1010. The van der Waals surface area contributed by atoms with Gasteiger partial charge < -0.3 is 15.4 Å². The maximum atomic E-state index is 12.3. The van der Waals surface area contributed by atoms with E-state index in [1.807, 2.05) is 36.4 Å². The molecule has 29 heavy (non-hydrogen) atoms. The van der Waals surface area contributed by atoms with Crippen LogP contribution in [0.4, 0.5) is 11.5 Å². The molecule has 2 N–H and O–H groups in total. The topological polar surface area (TPSA) is 87.0 Å². The van der Waals surface area contributed by atoms with E-state index in [0.29, 0.717) is 28.8 Å². The van der Waals surface area contributed by atoms with E-state index in [9.17, 15) is 4.79 Å². The number of aromatic nitrogens is 1. The van der Waals surface area contributed by atoms with Gasteiger partial charge in [0, 0.05) is 11.9 Å². The van der Waals surface area contributed by atoms with Gasteiger partial charge in [-0.3, -0.25) is 4.79 Å². The highest BCUT2D eigenvalue weighted by molar-refractivity contribution is 6.30. The maximum absolute atomic E-state index is 12.3. The van der Waals surface area contributed by atoms with Crippen molar-refractivity contribution in [2.75, 3.05) is 10.6 Å². The number of pyridine rings is 1. The lowest BCUT2D eigenvalue weighted by Crippen LogP contribution is -2.32. The van der Waals surface area contributed by atoms with Gasteiger partial charge >= 0.3 is 0 Å². The molecule has 1 heterocycles. The number of amides is 1. The lowest BCUT2D eigenvalue weighted by Gasteiger charge is -2.15. The Morgan fingerprint density at radius 1 is 1.21 bits per heavy atom. The number of halogens is 1. The summed E-state index contributed by atoms with van der Waals surface area (Å²) in [5, 5.41) is 15.3. The molecule has 146 valence electrons. The molecule has 0 saturated heterocycles. The molecule has 0 radical (unpaired) electrons. The molecular formula is C22H19ClN4O2. The van der Waals surface area contributed by atoms with Crippen LogP contribution in [-0.2, 0) is 11.4 Å². The summed E-state index contributed by atoms with van der Waals surface area (Å²) in [4.78, 5) is 16.3. The second-order valence-corrected chi connectivity index (χ2v) is 6.78. The molecule has 0 spiro atoms. The predicted molar refractivity (Wildman–Crippen MR) is 113 cm³/mol. The number of carbonyl (C=O) groups is 1. The van der Waals surface area contributed by atoms with Crippen LogP contribution in [0.15, 0.2) is 66.9 Å². The fraction of sp³-hybridized carbons (Fsp3) is 0.136. The predicted octanol–water partition coefficient (Wildman–Crippen LogP) is 4.62. The third-order valence-corrected chi connectivity index (χ3v) is 4.29. The average molecular weight is 407 g/mol. The minimum Gasteiger partial charge on any atom is -0.489 e. The second kappa shape index (κ2) is 9.58. The zero-order chi connectivity index (χ0) is 20.6.